The molecule has 1 heterocycles. The van der Waals surface area contributed by atoms with Crippen molar-refractivity contribution in [1.29, 1.82) is 0 Å². The third-order valence-corrected chi connectivity index (χ3v) is 4.01. The smallest absolute Gasteiger partial charge is 0.260 e. The van der Waals surface area contributed by atoms with E-state index in [0.29, 0.717) is 10.8 Å². The van der Waals surface area contributed by atoms with Crippen LogP contribution in [0.25, 0.3) is 0 Å². The number of aryl methyl sites for hydroxylation is 1. The normalized spacial score (nSPS) is 12.6. The molecule has 1 unspecified atom stereocenters. The quantitative estimate of drug-likeness (QED) is 0.860. The maximum Gasteiger partial charge on any atom is 0.260 e. The Labute approximate surface area is 123 Å². The fraction of sp³-hybridized carbons (Fsp3) is 0.400. The summed E-state index contributed by atoms with van der Waals surface area (Å²) < 4.78 is 19.1. The summed E-state index contributed by atoms with van der Waals surface area (Å²) in [5.74, 6) is -0.179. The predicted octanol–water partition coefficient (Wildman–Crippen LogP) is 4.33. The molecule has 1 aromatic heterocycles. The van der Waals surface area contributed by atoms with Crippen molar-refractivity contribution in [3.63, 3.8) is 0 Å². The van der Waals surface area contributed by atoms with Gasteiger partial charge < -0.3 is 9.73 Å². The summed E-state index contributed by atoms with van der Waals surface area (Å²) in [5.41, 5.74) is 1.57. The van der Waals surface area contributed by atoms with Gasteiger partial charge in [-0.2, -0.15) is 0 Å². The van der Waals surface area contributed by atoms with E-state index in [4.69, 9.17) is 4.42 Å². The molecular formula is C15H19FN2OS. The highest BCUT2D eigenvalue weighted by molar-refractivity contribution is 7.99. The van der Waals surface area contributed by atoms with Crippen molar-refractivity contribution >= 4 is 11.8 Å². The van der Waals surface area contributed by atoms with Crippen LogP contribution in [0.1, 0.15) is 37.4 Å². The Morgan fingerprint density at radius 3 is 2.90 bits per heavy atom. The first-order valence-electron chi connectivity index (χ1n) is 6.72. The van der Waals surface area contributed by atoms with E-state index in [1.165, 1.54) is 18.0 Å². The molecule has 1 aromatic carbocycles. The molecule has 20 heavy (non-hydrogen) atoms. The van der Waals surface area contributed by atoms with E-state index < -0.39 is 0 Å². The van der Waals surface area contributed by atoms with Gasteiger partial charge in [-0.15, -0.1) is 0 Å². The molecule has 0 saturated heterocycles. The molecule has 0 amide bonds. The second-order valence-electron chi connectivity index (χ2n) is 4.72. The van der Waals surface area contributed by atoms with Gasteiger partial charge in [0.1, 0.15) is 12.1 Å². The minimum absolute atomic E-state index is 0.0857. The molecule has 0 aliphatic heterocycles. The van der Waals surface area contributed by atoms with Gasteiger partial charge >= 0.3 is 0 Å². The summed E-state index contributed by atoms with van der Waals surface area (Å²) in [7, 11) is 0. The lowest BCUT2D eigenvalue weighted by Gasteiger charge is -2.18. The van der Waals surface area contributed by atoms with Crippen LogP contribution in [0.15, 0.2) is 39.1 Å². The third-order valence-electron chi connectivity index (χ3n) is 3.07. The fourth-order valence-corrected chi connectivity index (χ4v) is 2.92. The Balaban J connectivity index is 2.30. The lowest BCUT2D eigenvalue weighted by molar-refractivity contribution is 0.454. The largest absolute Gasteiger partial charge is 0.440 e. The predicted molar refractivity (Wildman–Crippen MR) is 78.5 cm³/mol. The Hall–Kier alpha value is -1.33. The van der Waals surface area contributed by atoms with Crippen LogP contribution in [0.4, 0.5) is 4.39 Å². The molecule has 0 aliphatic rings. The number of nitrogens with one attached hydrogen (secondary N) is 1. The van der Waals surface area contributed by atoms with Crippen LogP contribution in [0.2, 0.25) is 0 Å². The Kier molecular flexibility index (Phi) is 5.20. The van der Waals surface area contributed by atoms with Crippen LogP contribution in [-0.2, 0) is 0 Å². The van der Waals surface area contributed by atoms with Crippen molar-refractivity contribution in [3.05, 3.63) is 41.5 Å². The maximum absolute atomic E-state index is 13.8. The third kappa shape index (κ3) is 3.61. The number of rotatable bonds is 6. The lowest BCUT2D eigenvalue weighted by atomic mass is 10.1. The van der Waals surface area contributed by atoms with E-state index in [1.54, 1.807) is 19.2 Å². The molecule has 0 spiro atoms. The first-order chi connectivity index (χ1) is 9.61. The second kappa shape index (κ2) is 6.90. The average Bonchev–Trinajstić information content (AvgIpc) is 2.92. The van der Waals surface area contributed by atoms with Crippen molar-refractivity contribution in [2.45, 2.75) is 43.4 Å². The van der Waals surface area contributed by atoms with Crippen molar-refractivity contribution < 1.29 is 8.81 Å². The molecular weight excluding hydrogens is 275 g/mol. The van der Waals surface area contributed by atoms with Gasteiger partial charge in [0.05, 0.1) is 6.20 Å². The summed E-state index contributed by atoms with van der Waals surface area (Å²) in [4.78, 5) is 5.08. The maximum atomic E-state index is 13.8. The SMILES string of the molecule is CCCNC(C)c1cc(F)c(C)cc1Sc1ncco1. The van der Waals surface area contributed by atoms with E-state index in [1.807, 2.05) is 13.0 Å². The van der Waals surface area contributed by atoms with E-state index in [2.05, 4.69) is 17.2 Å². The second-order valence-corrected chi connectivity index (χ2v) is 5.71. The van der Waals surface area contributed by atoms with Crippen LogP contribution in [0.5, 0.6) is 0 Å². The number of halogens is 1. The van der Waals surface area contributed by atoms with Gasteiger partial charge in [0.15, 0.2) is 0 Å². The highest BCUT2D eigenvalue weighted by Crippen LogP contribution is 2.34. The van der Waals surface area contributed by atoms with Gasteiger partial charge in [0, 0.05) is 10.9 Å². The summed E-state index contributed by atoms with van der Waals surface area (Å²) in [6.45, 7) is 6.82. The molecule has 2 aromatic rings. The van der Waals surface area contributed by atoms with Gasteiger partial charge in [-0.3, -0.25) is 0 Å². The zero-order valence-corrected chi connectivity index (χ0v) is 12.8. The van der Waals surface area contributed by atoms with Crippen molar-refractivity contribution in [2.24, 2.45) is 0 Å². The van der Waals surface area contributed by atoms with Gasteiger partial charge in [0.2, 0.25) is 0 Å². The number of oxazole rings is 1. The van der Waals surface area contributed by atoms with E-state index in [9.17, 15) is 4.39 Å². The molecule has 0 saturated carbocycles. The van der Waals surface area contributed by atoms with Crippen molar-refractivity contribution in [3.8, 4) is 0 Å². The number of nitrogens with zero attached hydrogens (tertiary/aromatic N) is 1. The molecule has 2 rings (SSSR count). The molecule has 0 bridgehead atoms. The summed E-state index contributed by atoms with van der Waals surface area (Å²) in [6, 6.07) is 3.54. The number of benzene rings is 1. The molecule has 1 N–H and O–H groups in total. The Morgan fingerprint density at radius 1 is 1.45 bits per heavy atom. The number of aromatic nitrogens is 1. The highest BCUT2D eigenvalue weighted by Gasteiger charge is 2.15. The standard InChI is InChI=1S/C15H19FN2OS/c1-4-5-17-11(3)12-9-13(16)10(2)8-14(12)20-15-18-6-7-19-15/h6-9,11,17H,4-5H2,1-3H3. The molecule has 0 fully saturated rings. The van der Waals surface area contributed by atoms with Crippen molar-refractivity contribution in [1.82, 2.24) is 10.3 Å². The zero-order chi connectivity index (χ0) is 14.5. The van der Waals surface area contributed by atoms with Gasteiger partial charge in [-0.05, 0) is 61.8 Å². The zero-order valence-electron chi connectivity index (χ0n) is 11.9. The van der Waals surface area contributed by atoms with Crippen molar-refractivity contribution in [2.75, 3.05) is 6.54 Å². The monoisotopic (exact) mass is 294 g/mol. The van der Waals surface area contributed by atoms with Crippen LogP contribution < -0.4 is 5.32 Å². The lowest BCUT2D eigenvalue weighted by Crippen LogP contribution is -2.20. The van der Waals surface area contributed by atoms with E-state index in [-0.39, 0.29) is 11.9 Å². The van der Waals surface area contributed by atoms with E-state index in [0.717, 1.165) is 23.4 Å². The minimum atomic E-state index is -0.179. The van der Waals surface area contributed by atoms with Gasteiger partial charge in [-0.25, -0.2) is 9.37 Å². The van der Waals surface area contributed by atoms with Crippen LogP contribution in [0, 0.1) is 12.7 Å². The molecule has 1 atom stereocenters. The minimum Gasteiger partial charge on any atom is -0.440 e. The summed E-state index contributed by atoms with van der Waals surface area (Å²) in [6.07, 6.45) is 4.19. The molecule has 5 heteroatoms. The molecule has 108 valence electrons. The Morgan fingerprint density at radius 2 is 2.25 bits per heavy atom. The summed E-state index contributed by atoms with van der Waals surface area (Å²) in [5, 5.41) is 3.95. The van der Waals surface area contributed by atoms with E-state index >= 15 is 0 Å². The first kappa shape index (κ1) is 15.1. The Bertz CT molecular complexity index is 557. The highest BCUT2D eigenvalue weighted by atomic mass is 32.2. The van der Waals surface area contributed by atoms with Crippen LogP contribution in [-0.4, -0.2) is 11.5 Å². The van der Waals surface area contributed by atoms with Gasteiger partial charge in [0.25, 0.3) is 5.22 Å². The topological polar surface area (TPSA) is 38.1 Å². The number of hydrogen-bond donors (Lipinski definition) is 1. The number of hydrogen-bond acceptors (Lipinski definition) is 4. The van der Waals surface area contributed by atoms with Crippen LogP contribution >= 0.6 is 11.8 Å². The first-order valence-corrected chi connectivity index (χ1v) is 7.54. The summed E-state index contributed by atoms with van der Waals surface area (Å²) >= 11 is 1.42. The fourth-order valence-electron chi connectivity index (χ4n) is 1.92. The molecule has 0 radical (unpaired) electrons. The average molecular weight is 294 g/mol. The van der Waals surface area contributed by atoms with Gasteiger partial charge in [-0.1, -0.05) is 6.92 Å². The molecule has 3 nitrogen and oxygen atoms in total. The van der Waals surface area contributed by atoms with Crippen LogP contribution in [0.3, 0.4) is 0 Å². The molecule has 0 aliphatic carbocycles.